The molecule has 34 heavy (non-hydrogen) atoms. The van der Waals surface area contributed by atoms with Crippen LogP contribution < -0.4 is 10.2 Å². The molecule has 3 aromatic carbocycles. The molecule has 0 saturated heterocycles. The highest BCUT2D eigenvalue weighted by Gasteiger charge is 2.28. The fourth-order valence-corrected chi connectivity index (χ4v) is 4.78. The predicted molar refractivity (Wildman–Crippen MR) is 136 cm³/mol. The largest absolute Gasteiger partial charge is 0.322 e. The van der Waals surface area contributed by atoms with Gasteiger partial charge in [-0.25, -0.2) is 0 Å². The number of anilines is 2. The van der Waals surface area contributed by atoms with Crippen LogP contribution in [-0.2, 0) is 0 Å². The predicted octanol–water partition coefficient (Wildman–Crippen LogP) is 6.99. The zero-order valence-corrected chi connectivity index (χ0v) is 20.2. The van der Waals surface area contributed by atoms with Crippen molar-refractivity contribution in [3.63, 3.8) is 0 Å². The van der Waals surface area contributed by atoms with E-state index in [1.165, 1.54) is 0 Å². The molecule has 0 fully saturated rings. The number of carbonyl (C=O) groups is 2. The second-order valence-corrected chi connectivity index (χ2v) is 9.17. The molecule has 1 heterocycles. The first-order valence-corrected chi connectivity index (χ1v) is 11.8. The van der Waals surface area contributed by atoms with Crippen molar-refractivity contribution >= 4 is 46.4 Å². The number of hydrogen-bond acceptors (Lipinski definition) is 3. The van der Waals surface area contributed by atoms with Crippen molar-refractivity contribution in [3.8, 4) is 6.07 Å². The zero-order chi connectivity index (χ0) is 24.2. The summed E-state index contributed by atoms with van der Waals surface area (Å²) in [7, 11) is 0. The Hall–Kier alpha value is -3.33. The number of halogens is 2. The second-order valence-electron chi connectivity index (χ2n) is 8.32. The van der Waals surface area contributed by atoms with E-state index in [4.69, 9.17) is 23.2 Å². The van der Waals surface area contributed by atoms with Gasteiger partial charge in [-0.1, -0.05) is 35.3 Å². The highest BCUT2D eigenvalue weighted by atomic mass is 35.5. The van der Waals surface area contributed by atoms with Crippen LogP contribution in [0.25, 0.3) is 0 Å². The van der Waals surface area contributed by atoms with Crippen molar-refractivity contribution in [3.05, 3.63) is 93.0 Å². The maximum atomic E-state index is 13.6. The molecule has 5 nitrogen and oxygen atoms in total. The van der Waals surface area contributed by atoms with Crippen LogP contribution in [0.15, 0.2) is 60.7 Å². The number of nitrogens with zero attached hydrogens (tertiary/aromatic N) is 2. The lowest BCUT2D eigenvalue weighted by Crippen LogP contribution is -2.32. The van der Waals surface area contributed by atoms with Crippen molar-refractivity contribution in [2.45, 2.75) is 32.1 Å². The van der Waals surface area contributed by atoms with Crippen molar-refractivity contribution in [2.24, 2.45) is 0 Å². The molecule has 7 heteroatoms. The molecule has 2 amide bonds. The van der Waals surface area contributed by atoms with Crippen LogP contribution in [0, 0.1) is 18.3 Å². The maximum Gasteiger partial charge on any atom is 0.258 e. The van der Waals surface area contributed by atoms with E-state index in [0.717, 1.165) is 29.7 Å². The quantitative estimate of drug-likeness (QED) is 0.427. The molecule has 1 N–H and O–H groups in total. The van der Waals surface area contributed by atoms with Crippen LogP contribution in [0.2, 0.25) is 10.0 Å². The summed E-state index contributed by atoms with van der Waals surface area (Å²) >= 11 is 12.4. The van der Waals surface area contributed by atoms with Crippen molar-refractivity contribution in [2.75, 3.05) is 16.8 Å². The van der Waals surface area contributed by atoms with Gasteiger partial charge < -0.3 is 10.2 Å². The summed E-state index contributed by atoms with van der Waals surface area (Å²) in [5, 5.41) is 13.1. The third kappa shape index (κ3) is 4.94. The minimum absolute atomic E-state index is 0.0417. The molecule has 0 bridgehead atoms. The van der Waals surface area contributed by atoms with E-state index >= 15 is 0 Å². The summed E-state index contributed by atoms with van der Waals surface area (Å²) in [4.78, 5) is 28.0. The van der Waals surface area contributed by atoms with Crippen molar-refractivity contribution in [1.29, 1.82) is 5.26 Å². The Morgan fingerprint density at radius 1 is 1.09 bits per heavy atom. The Bertz CT molecular complexity index is 1300. The Labute approximate surface area is 208 Å². The molecule has 0 spiro atoms. The van der Waals surface area contributed by atoms with E-state index in [0.29, 0.717) is 39.8 Å². The fourth-order valence-electron chi connectivity index (χ4n) is 4.37. The van der Waals surface area contributed by atoms with E-state index in [9.17, 15) is 14.9 Å². The van der Waals surface area contributed by atoms with Gasteiger partial charge in [0, 0.05) is 34.9 Å². The van der Waals surface area contributed by atoms with Gasteiger partial charge in [-0.2, -0.15) is 5.26 Å². The van der Waals surface area contributed by atoms with Gasteiger partial charge in [0.25, 0.3) is 11.8 Å². The number of benzene rings is 3. The Kier molecular flexibility index (Phi) is 7.21. The van der Waals surface area contributed by atoms with Crippen LogP contribution in [-0.4, -0.2) is 18.4 Å². The van der Waals surface area contributed by atoms with E-state index in [1.807, 2.05) is 19.1 Å². The SMILES string of the molecule is Cc1cc(NC(=O)c2ccccc2Cl)ccc1C(=O)N1CCCC(CC#N)c2cc(Cl)ccc21. The summed E-state index contributed by atoms with van der Waals surface area (Å²) < 4.78 is 0. The Morgan fingerprint density at radius 2 is 1.88 bits per heavy atom. The molecular formula is C27H23Cl2N3O2. The van der Waals surface area contributed by atoms with Crippen molar-refractivity contribution in [1.82, 2.24) is 0 Å². The number of hydrogen-bond donors (Lipinski definition) is 1. The highest BCUT2D eigenvalue weighted by molar-refractivity contribution is 6.34. The minimum atomic E-state index is -0.314. The van der Waals surface area contributed by atoms with Gasteiger partial charge in [0.1, 0.15) is 0 Å². The van der Waals surface area contributed by atoms with Crippen LogP contribution >= 0.6 is 23.2 Å². The highest BCUT2D eigenvalue weighted by Crippen LogP contribution is 2.38. The molecule has 1 aliphatic heterocycles. The molecular weight excluding hydrogens is 469 g/mol. The molecule has 1 aliphatic rings. The van der Waals surface area contributed by atoms with Crippen LogP contribution in [0.4, 0.5) is 11.4 Å². The zero-order valence-electron chi connectivity index (χ0n) is 18.6. The number of aryl methyl sites for hydroxylation is 1. The third-order valence-corrected chi connectivity index (χ3v) is 6.64. The average molecular weight is 492 g/mol. The van der Waals surface area contributed by atoms with E-state index in [2.05, 4.69) is 11.4 Å². The number of carbonyl (C=O) groups excluding carboxylic acids is 2. The van der Waals surface area contributed by atoms with Gasteiger partial charge in [-0.15, -0.1) is 0 Å². The molecule has 3 aromatic rings. The normalized spacial score (nSPS) is 15.1. The lowest BCUT2D eigenvalue weighted by molar-refractivity contribution is 0.0985. The van der Waals surface area contributed by atoms with E-state index in [-0.39, 0.29) is 17.7 Å². The first kappa shape index (κ1) is 23.8. The summed E-state index contributed by atoms with van der Waals surface area (Å²) in [6.07, 6.45) is 1.99. The van der Waals surface area contributed by atoms with E-state index in [1.54, 1.807) is 53.4 Å². The molecule has 0 saturated carbocycles. The van der Waals surface area contributed by atoms with Crippen LogP contribution in [0.1, 0.15) is 57.0 Å². The molecule has 0 radical (unpaired) electrons. The topological polar surface area (TPSA) is 73.2 Å². The monoisotopic (exact) mass is 491 g/mol. The van der Waals surface area contributed by atoms with Gasteiger partial charge in [-0.05, 0) is 85.3 Å². The van der Waals surface area contributed by atoms with Crippen molar-refractivity contribution < 1.29 is 9.59 Å². The second kappa shape index (κ2) is 10.3. The molecule has 1 unspecified atom stereocenters. The Balaban J connectivity index is 1.61. The van der Waals surface area contributed by atoms with Crippen LogP contribution in [0.3, 0.4) is 0 Å². The minimum Gasteiger partial charge on any atom is -0.322 e. The van der Waals surface area contributed by atoms with Gasteiger partial charge in [0.15, 0.2) is 0 Å². The number of amides is 2. The number of fused-ring (bicyclic) bond motifs is 1. The van der Waals surface area contributed by atoms with Gasteiger partial charge in [-0.3, -0.25) is 9.59 Å². The van der Waals surface area contributed by atoms with Gasteiger partial charge >= 0.3 is 0 Å². The lowest BCUT2D eigenvalue weighted by Gasteiger charge is -2.25. The van der Waals surface area contributed by atoms with E-state index < -0.39 is 0 Å². The summed E-state index contributed by atoms with van der Waals surface area (Å²) in [5.41, 5.74) is 3.99. The summed E-state index contributed by atoms with van der Waals surface area (Å²) in [6, 6.07) is 19.8. The van der Waals surface area contributed by atoms with Gasteiger partial charge in [0.2, 0.25) is 0 Å². The maximum absolute atomic E-state index is 13.6. The number of rotatable bonds is 4. The van der Waals surface area contributed by atoms with Crippen LogP contribution in [0.5, 0.6) is 0 Å². The summed E-state index contributed by atoms with van der Waals surface area (Å²) in [6.45, 7) is 2.40. The average Bonchev–Trinajstić information content (AvgIpc) is 2.98. The first-order chi connectivity index (χ1) is 16.4. The first-order valence-electron chi connectivity index (χ1n) is 11.0. The third-order valence-electron chi connectivity index (χ3n) is 6.07. The van der Waals surface area contributed by atoms with Gasteiger partial charge in [0.05, 0.1) is 16.7 Å². The molecule has 4 rings (SSSR count). The smallest absolute Gasteiger partial charge is 0.258 e. The fraction of sp³-hybridized carbons (Fsp3) is 0.222. The Morgan fingerprint density at radius 3 is 2.62 bits per heavy atom. The molecule has 0 aromatic heterocycles. The molecule has 1 atom stereocenters. The molecule has 0 aliphatic carbocycles. The standard InChI is InChI=1S/C27H23Cl2N3O2/c1-17-15-20(31-26(33)22-6-2-3-7-24(22)29)9-10-21(17)27(34)32-14-4-5-18(12-13-30)23-16-19(28)8-11-25(23)32/h2-3,6-11,15-16,18H,4-5,12,14H2,1H3,(H,31,33). The molecule has 172 valence electrons. The number of nitrogens with one attached hydrogen (secondary N) is 1. The number of nitriles is 1. The summed E-state index contributed by atoms with van der Waals surface area (Å²) in [5.74, 6) is -0.395. The lowest BCUT2D eigenvalue weighted by atomic mass is 9.91.